The molecule has 1 aromatic heterocycles. The van der Waals surface area contributed by atoms with E-state index in [9.17, 15) is 0 Å². The summed E-state index contributed by atoms with van der Waals surface area (Å²) in [6.07, 6.45) is 6.77. The third-order valence-corrected chi connectivity index (χ3v) is 3.71. The molecule has 1 saturated heterocycles. The molecule has 1 aliphatic rings. The molecular weight excluding hydrogens is 226 g/mol. The van der Waals surface area contributed by atoms with Crippen LogP contribution in [0.3, 0.4) is 0 Å². The van der Waals surface area contributed by atoms with Crippen LogP contribution in [0.1, 0.15) is 51.3 Å². The summed E-state index contributed by atoms with van der Waals surface area (Å²) in [6, 6.07) is 3.16. The van der Waals surface area contributed by atoms with E-state index in [2.05, 4.69) is 41.2 Å². The van der Waals surface area contributed by atoms with Gasteiger partial charge in [-0.25, -0.2) is 0 Å². The molecule has 0 aliphatic carbocycles. The number of nitrogens with one attached hydrogen (secondary N) is 1. The fourth-order valence-corrected chi connectivity index (χ4v) is 2.49. The second-order valence-electron chi connectivity index (χ2n) is 5.05. The molecule has 2 heterocycles. The van der Waals surface area contributed by atoms with Crippen molar-refractivity contribution in [2.75, 3.05) is 13.2 Å². The van der Waals surface area contributed by atoms with Crippen molar-refractivity contribution in [3.05, 3.63) is 18.0 Å². The van der Waals surface area contributed by atoms with Crippen LogP contribution in [0.4, 0.5) is 0 Å². The van der Waals surface area contributed by atoms with E-state index in [1.54, 1.807) is 0 Å². The van der Waals surface area contributed by atoms with Gasteiger partial charge in [-0.15, -0.1) is 0 Å². The molecule has 0 amide bonds. The molecule has 0 radical (unpaired) electrons. The van der Waals surface area contributed by atoms with Gasteiger partial charge in [0.15, 0.2) is 0 Å². The largest absolute Gasteiger partial charge is 0.380 e. The summed E-state index contributed by atoms with van der Waals surface area (Å²) in [6.45, 7) is 7.04. The number of ether oxygens (including phenoxy) is 1. The Hall–Kier alpha value is -0.870. The summed E-state index contributed by atoms with van der Waals surface area (Å²) >= 11 is 0. The minimum Gasteiger partial charge on any atom is -0.380 e. The van der Waals surface area contributed by atoms with Gasteiger partial charge in [0.25, 0.3) is 0 Å². The maximum absolute atomic E-state index is 5.46. The Morgan fingerprint density at radius 2 is 2.33 bits per heavy atom. The number of hydrogen-bond acceptors (Lipinski definition) is 3. The van der Waals surface area contributed by atoms with Gasteiger partial charge in [0, 0.05) is 25.4 Å². The Morgan fingerprint density at radius 3 is 3.00 bits per heavy atom. The van der Waals surface area contributed by atoms with Crippen molar-refractivity contribution >= 4 is 0 Å². The van der Waals surface area contributed by atoms with E-state index in [0.29, 0.717) is 12.1 Å². The number of aromatic nitrogens is 2. The highest BCUT2D eigenvalue weighted by molar-refractivity contribution is 4.99. The first-order valence-corrected chi connectivity index (χ1v) is 7.18. The van der Waals surface area contributed by atoms with Crippen molar-refractivity contribution in [2.24, 2.45) is 0 Å². The minimum atomic E-state index is 0.497. The quantitative estimate of drug-likeness (QED) is 0.844. The molecule has 1 aliphatic heterocycles. The smallest absolute Gasteiger partial charge is 0.0762 e. The zero-order valence-corrected chi connectivity index (χ0v) is 11.6. The molecule has 0 bridgehead atoms. The van der Waals surface area contributed by atoms with Crippen LogP contribution in [0.25, 0.3) is 0 Å². The predicted octanol–water partition coefficient (Wildman–Crippen LogP) is 2.51. The molecule has 1 aromatic rings. The van der Waals surface area contributed by atoms with Crippen molar-refractivity contribution in [1.29, 1.82) is 0 Å². The first-order chi connectivity index (χ1) is 8.83. The van der Waals surface area contributed by atoms with Crippen LogP contribution in [0, 0.1) is 0 Å². The van der Waals surface area contributed by atoms with Crippen LogP contribution in [0.5, 0.6) is 0 Å². The highest BCUT2D eigenvalue weighted by atomic mass is 16.5. The van der Waals surface area contributed by atoms with Gasteiger partial charge >= 0.3 is 0 Å². The van der Waals surface area contributed by atoms with Crippen molar-refractivity contribution in [1.82, 2.24) is 15.1 Å². The van der Waals surface area contributed by atoms with E-state index >= 15 is 0 Å². The van der Waals surface area contributed by atoms with Gasteiger partial charge in [0.2, 0.25) is 0 Å². The standard InChI is InChI=1S/C14H25N3O/c1-3-14(4-2)17-8-7-12(16-17)10-15-13-6-5-9-18-11-13/h7-8,13-15H,3-6,9-11H2,1-2H3. The second kappa shape index (κ2) is 6.90. The van der Waals surface area contributed by atoms with E-state index in [0.717, 1.165) is 38.3 Å². The van der Waals surface area contributed by atoms with Crippen molar-refractivity contribution in [2.45, 2.75) is 58.2 Å². The summed E-state index contributed by atoms with van der Waals surface area (Å²) in [7, 11) is 0. The van der Waals surface area contributed by atoms with Crippen LogP contribution in [-0.2, 0) is 11.3 Å². The molecule has 18 heavy (non-hydrogen) atoms. The SMILES string of the molecule is CCC(CC)n1ccc(CNC2CCCOC2)n1. The topological polar surface area (TPSA) is 39.1 Å². The summed E-state index contributed by atoms with van der Waals surface area (Å²) in [4.78, 5) is 0. The normalized spacial score (nSPS) is 20.5. The Bertz CT molecular complexity index is 341. The summed E-state index contributed by atoms with van der Waals surface area (Å²) in [5, 5.41) is 8.18. The average Bonchev–Trinajstić information content (AvgIpc) is 2.88. The first-order valence-electron chi connectivity index (χ1n) is 7.18. The van der Waals surface area contributed by atoms with Gasteiger partial charge in [-0.2, -0.15) is 5.10 Å². The first kappa shape index (κ1) is 13.6. The zero-order valence-electron chi connectivity index (χ0n) is 11.6. The van der Waals surface area contributed by atoms with Gasteiger partial charge in [0.1, 0.15) is 0 Å². The number of hydrogen-bond donors (Lipinski definition) is 1. The van der Waals surface area contributed by atoms with Crippen LogP contribution >= 0.6 is 0 Å². The molecule has 0 aromatic carbocycles. The average molecular weight is 251 g/mol. The molecular formula is C14H25N3O. The van der Waals surface area contributed by atoms with Crippen LogP contribution in [0.15, 0.2) is 12.3 Å². The third kappa shape index (κ3) is 3.56. The van der Waals surface area contributed by atoms with Crippen molar-refractivity contribution in [3.8, 4) is 0 Å². The van der Waals surface area contributed by atoms with Crippen LogP contribution in [0.2, 0.25) is 0 Å². The molecule has 1 atom stereocenters. The number of rotatable bonds is 6. The molecule has 1 N–H and O–H groups in total. The Morgan fingerprint density at radius 1 is 1.50 bits per heavy atom. The van der Waals surface area contributed by atoms with Gasteiger partial charge in [-0.1, -0.05) is 13.8 Å². The maximum Gasteiger partial charge on any atom is 0.0762 e. The fourth-order valence-electron chi connectivity index (χ4n) is 2.49. The lowest BCUT2D eigenvalue weighted by Gasteiger charge is -2.22. The lowest BCUT2D eigenvalue weighted by molar-refractivity contribution is 0.0698. The van der Waals surface area contributed by atoms with E-state index < -0.39 is 0 Å². The fraction of sp³-hybridized carbons (Fsp3) is 0.786. The summed E-state index contributed by atoms with van der Waals surface area (Å²) < 4.78 is 7.57. The Labute approximate surface area is 110 Å². The third-order valence-electron chi connectivity index (χ3n) is 3.71. The van der Waals surface area contributed by atoms with Crippen molar-refractivity contribution < 1.29 is 4.74 Å². The molecule has 2 rings (SSSR count). The van der Waals surface area contributed by atoms with Gasteiger partial charge in [-0.3, -0.25) is 4.68 Å². The molecule has 0 saturated carbocycles. The Kier molecular flexibility index (Phi) is 5.20. The maximum atomic E-state index is 5.46. The van der Waals surface area contributed by atoms with E-state index in [-0.39, 0.29) is 0 Å². The van der Waals surface area contributed by atoms with Crippen LogP contribution in [-0.4, -0.2) is 29.0 Å². The highest BCUT2D eigenvalue weighted by Gasteiger charge is 2.14. The molecule has 4 nitrogen and oxygen atoms in total. The van der Waals surface area contributed by atoms with Gasteiger partial charge in [-0.05, 0) is 31.7 Å². The highest BCUT2D eigenvalue weighted by Crippen LogP contribution is 2.14. The lowest BCUT2D eigenvalue weighted by atomic mass is 10.1. The zero-order chi connectivity index (χ0) is 12.8. The predicted molar refractivity (Wildman–Crippen MR) is 72.5 cm³/mol. The second-order valence-corrected chi connectivity index (χ2v) is 5.05. The molecule has 1 fully saturated rings. The van der Waals surface area contributed by atoms with Gasteiger partial charge < -0.3 is 10.1 Å². The Balaban J connectivity index is 1.82. The molecule has 102 valence electrons. The van der Waals surface area contributed by atoms with E-state index in [1.165, 1.54) is 12.8 Å². The summed E-state index contributed by atoms with van der Waals surface area (Å²) in [5.41, 5.74) is 1.13. The monoisotopic (exact) mass is 251 g/mol. The lowest BCUT2D eigenvalue weighted by Crippen LogP contribution is -2.36. The van der Waals surface area contributed by atoms with Crippen LogP contribution < -0.4 is 5.32 Å². The molecule has 4 heteroatoms. The summed E-state index contributed by atoms with van der Waals surface area (Å²) in [5.74, 6) is 0. The van der Waals surface area contributed by atoms with E-state index in [4.69, 9.17) is 4.74 Å². The molecule has 0 spiro atoms. The molecule has 1 unspecified atom stereocenters. The van der Waals surface area contributed by atoms with Crippen molar-refractivity contribution in [3.63, 3.8) is 0 Å². The number of nitrogens with zero attached hydrogens (tertiary/aromatic N) is 2. The van der Waals surface area contributed by atoms with E-state index in [1.807, 2.05) is 0 Å². The minimum absolute atomic E-state index is 0.497. The van der Waals surface area contributed by atoms with Gasteiger partial charge in [0.05, 0.1) is 18.3 Å².